The summed E-state index contributed by atoms with van der Waals surface area (Å²) in [7, 11) is 0. The van der Waals surface area contributed by atoms with Crippen molar-refractivity contribution in [2.45, 2.75) is 12.5 Å². The molecule has 8 heteroatoms. The molecule has 0 saturated heterocycles. The molecule has 1 unspecified atom stereocenters. The average Bonchev–Trinajstić information content (AvgIpc) is 3.01. The zero-order valence-corrected chi connectivity index (χ0v) is 12.9. The molecule has 0 radical (unpaired) electrons. The first-order valence-corrected chi connectivity index (χ1v) is 7.68. The van der Waals surface area contributed by atoms with E-state index in [0.29, 0.717) is 6.42 Å². The minimum Gasteiger partial charge on any atom is -0.388 e. The Labute approximate surface area is 135 Å². The highest BCUT2D eigenvalue weighted by Crippen LogP contribution is 2.23. The topological polar surface area (TPSA) is 92.5 Å². The lowest BCUT2D eigenvalue weighted by atomic mass is 10.1. The van der Waals surface area contributed by atoms with E-state index in [9.17, 15) is 20.0 Å². The maximum absolute atomic E-state index is 12.0. The fraction of sp³-hybridized carbons (Fsp3) is 0.214. The number of rotatable bonds is 6. The van der Waals surface area contributed by atoms with Gasteiger partial charge in [-0.15, -0.1) is 11.3 Å². The Morgan fingerprint density at radius 3 is 2.86 bits per heavy atom. The Morgan fingerprint density at radius 1 is 1.45 bits per heavy atom. The molecule has 6 nitrogen and oxygen atoms in total. The summed E-state index contributed by atoms with van der Waals surface area (Å²) in [6, 6.07) is 7.33. The first-order chi connectivity index (χ1) is 10.5. The number of thiophene rings is 1. The summed E-state index contributed by atoms with van der Waals surface area (Å²) in [5.74, 6) is -0.507. The van der Waals surface area contributed by atoms with Crippen LogP contribution in [0, 0.1) is 10.1 Å². The van der Waals surface area contributed by atoms with Crippen LogP contribution in [0.5, 0.6) is 0 Å². The van der Waals surface area contributed by atoms with E-state index >= 15 is 0 Å². The number of amides is 1. The van der Waals surface area contributed by atoms with Gasteiger partial charge in [0.05, 0.1) is 21.6 Å². The van der Waals surface area contributed by atoms with Crippen molar-refractivity contribution in [3.63, 3.8) is 0 Å². The smallest absolute Gasteiger partial charge is 0.270 e. The van der Waals surface area contributed by atoms with Gasteiger partial charge in [0.15, 0.2) is 0 Å². The first kappa shape index (κ1) is 16.4. The summed E-state index contributed by atoms with van der Waals surface area (Å²) in [6.45, 7) is 0.233. The molecule has 0 fully saturated rings. The van der Waals surface area contributed by atoms with Gasteiger partial charge in [0.25, 0.3) is 11.6 Å². The van der Waals surface area contributed by atoms with Crippen LogP contribution in [0.15, 0.2) is 35.7 Å². The molecule has 1 heterocycles. The van der Waals surface area contributed by atoms with Crippen molar-refractivity contribution in [1.82, 2.24) is 5.32 Å². The van der Waals surface area contributed by atoms with Gasteiger partial charge in [0.2, 0.25) is 0 Å². The molecular formula is C14H13ClN2O4S. The van der Waals surface area contributed by atoms with Gasteiger partial charge in [0.1, 0.15) is 0 Å². The number of aliphatic hydroxyl groups is 1. The molecule has 22 heavy (non-hydrogen) atoms. The third-order valence-electron chi connectivity index (χ3n) is 2.98. The van der Waals surface area contributed by atoms with Crippen molar-refractivity contribution in [2.75, 3.05) is 6.54 Å². The van der Waals surface area contributed by atoms with Crippen molar-refractivity contribution < 1.29 is 14.8 Å². The van der Waals surface area contributed by atoms with Crippen LogP contribution in [-0.2, 0) is 0 Å². The minimum atomic E-state index is -0.652. The Morgan fingerprint density at radius 2 is 2.23 bits per heavy atom. The number of carbonyl (C=O) groups is 1. The molecule has 1 amide bonds. The van der Waals surface area contributed by atoms with Crippen LogP contribution >= 0.6 is 22.9 Å². The number of hydrogen-bond acceptors (Lipinski definition) is 5. The number of nitro groups is 1. The Hall–Kier alpha value is -1.96. The molecule has 0 aliphatic rings. The van der Waals surface area contributed by atoms with Gasteiger partial charge >= 0.3 is 0 Å². The highest BCUT2D eigenvalue weighted by molar-refractivity contribution is 7.10. The van der Waals surface area contributed by atoms with Crippen molar-refractivity contribution in [1.29, 1.82) is 0 Å². The summed E-state index contributed by atoms with van der Waals surface area (Å²) in [5, 5.41) is 25.2. The normalized spacial score (nSPS) is 11.9. The summed E-state index contributed by atoms with van der Waals surface area (Å²) in [6.07, 6.45) is -0.306. The SMILES string of the molecule is O=C(NCCC(O)c1cccs1)c1cc([N+](=O)[O-])ccc1Cl. The molecule has 0 aliphatic carbocycles. The number of nitro benzene ring substituents is 1. The fourth-order valence-electron chi connectivity index (χ4n) is 1.84. The molecule has 2 aromatic rings. The van der Waals surface area contributed by atoms with Crippen molar-refractivity contribution in [2.24, 2.45) is 0 Å². The molecule has 0 spiro atoms. The standard InChI is InChI=1S/C14H13ClN2O4S/c15-11-4-3-9(17(20)21)8-10(11)14(19)16-6-5-12(18)13-2-1-7-22-13/h1-4,7-8,12,18H,5-6H2,(H,16,19). The summed E-state index contributed by atoms with van der Waals surface area (Å²) < 4.78 is 0. The first-order valence-electron chi connectivity index (χ1n) is 6.42. The Bertz CT molecular complexity index is 675. The average molecular weight is 341 g/mol. The molecular weight excluding hydrogens is 328 g/mol. The van der Waals surface area contributed by atoms with Gasteiger partial charge in [-0.05, 0) is 23.9 Å². The lowest BCUT2D eigenvalue weighted by Gasteiger charge is -2.10. The highest BCUT2D eigenvalue weighted by atomic mass is 35.5. The van der Waals surface area contributed by atoms with E-state index in [1.54, 1.807) is 0 Å². The largest absolute Gasteiger partial charge is 0.388 e. The second-order valence-corrected chi connectivity index (χ2v) is 5.88. The van der Waals surface area contributed by atoms with Gasteiger partial charge in [-0.1, -0.05) is 17.7 Å². The predicted molar refractivity (Wildman–Crippen MR) is 84.3 cm³/mol. The molecule has 0 saturated carbocycles. The number of benzene rings is 1. The zero-order chi connectivity index (χ0) is 16.1. The number of aliphatic hydroxyl groups excluding tert-OH is 1. The second kappa shape index (κ2) is 7.35. The van der Waals surface area contributed by atoms with Crippen molar-refractivity contribution in [3.8, 4) is 0 Å². The highest BCUT2D eigenvalue weighted by Gasteiger charge is 2.16. The molecule has 1 aromatic carbocycles. The summed E-state index contributed by atoms with van der Waals surface area (Å²) in [4.78, 5) is 23.0. The van der Waals surface area contributed by atoms with Crippen LogP contribution in [0.1, 0.15) is 27.8 Å². The van der Waals surface area contributed by atoms with E-state index in [4.69, 9.17) is 11.6 Å². The molecule has 0 aliphatic heterocycles. The van der Waals surface area contributed by atoms with Gasteiger partial charge in [-0.2, -0.15) is 0 Å². The monoisotopic (exact) mass is 340 g/mol. The number of halogens is 1. The van der Waals surface area contributed by atoms with E-state index in [-0.39, 0.29) is 22.8 Å². The Kier molecular flexibility index (Phi) is 5.48. The summed E-state index contributed by atoms with van der Waals surface area (Å²) >= 11 is 7.32. The van der Waals surface area contributed by atoms with E-state index in [2.05, 4.69) is 5.32 Å². The third kappa shape index (κ3) is 4.03. The number of nitrogens with one attached hydrogen (secondary N) is 1. The molecule has 2 N–H and O–H groups in total. The van der Waals surface area contributed by atoms with Crippen LogP contribution in [0.25, 0.3) is 0 Å². The van der Waals surface area contributed by atoms with Crippen LogP contribution < -0.4 is 5.32 Å². The van der Waals surface area contributed by atoms with Crippen molar-refractivity contribution >= 4 is 34.5 Å². The maximum atomic E-state index is 12.0. The number of nitrogens with zero attached hydrogens (tertiary/aromatic N) is 1. The van der Waals surface area contributed by atoms with Crippen LogP contribution in [0.4, 0.5) is 5.69 Å². The minimum absolute atomic E-state index is 0.0430. The van der Waals surface area contributed by atoms with Crippen molar-refractivity contribution in [3.05, 3.63) is 61.3 Å². The molecule has 1 atom stereocenters. The second-order valence-electron chi connectivity index (χ2n) is 4.50. The molecule has 116 valence electrons. The lowest BCUT2D eigenvalue weighted by molar-refractivity contribution is -0.384. The Balaban J connectivity index is 1.95. The molecule has 1 aromatic heterocycles. The van der Waals surface area contributed by atoms with E-state index in [1.807, 2.05) is 17.5 Å². The summed E-state index contributed by atoms with van der Waals surface area (Å²) in [5.41, 5.74) is -0.158. The zero-order valence-electron chi connectivity index (χ0n) is 11.4. The van der Waals surface area contributed by atoms with Gasteiger partial charge < -0.3 is 10.4 Å². The maximum Gasteiger partial charge on any atom is 0.270 e. The van der Waals surface area contributed by atoms with Gasteiger partial charge in [-0.25, -0.2) is 0 Å². The molecule has 0 bridgehead atoms. The number of carbonyl (C=O) groups excluding carboxylic acids is 1. The third-order valence-corrected chi connectivity index (χ3v) is 4.28. The fourth-order valence-corrected chi connectivity index (χ4v) is 2.79. The number of hydrogen-bond donors (Lipinski definition) is 2. The lowest BCUT2D eigenvalue weighted by Crippen LogP contribution is -2.26. The van der Waals surface area contributed by atoms with Gasteiger partial charge in [-0.3, -0.25) is 14.9 Å². The van der Waals surface area contributed by atoms with E-state index < -0.39 is 16.9 Å². The predicted octanol–water partition coefficient (Wildman–Crippen LogP) is 3.16. The van der Waals surface area contributed by atoms with Crippen LogP contribution in [-0.4, -0.2) is 22.5 Å². The van der Waals surface area contributed by atoms with E-state index in [1.165, 1.54) is 23.5 Å². The molecule has 2 rings (SSSR count). The van der Waals surface area contributed by atoms with Gasteiger partial charge in [0, 0.05) is 23.6 Å². The van der Waals surface area contributed by atoms with Crippen LogP contribution in [0.3, 0.4) is 0 Å². The number of non-ortho nitro benzene ring substituents is 1. The van der Waals surface area contributed by atoms with E-state index in [0.717, 1.165) is 10.9 Å². The quantitative estimate of drug-likeness (QED) is 0.624. The van der Waals surface area contributed by atoms with Crippen LogP contribution in [0.2, 0.25) is 5.02 Å².